The van der Waals surface area contributed by atoms with E-state index in [1.54, 1.807) is 6.07 Å². The zero-order valence-corrected chi connectivity index (χ0v) is 14.7. The van der Waals surface area contributed by atoms with Gasteiger partial charge in [0, 0.05) is 12.7 Å². The van der Waals surface area contributed by atoms with Crippen LogP contribution >= 0.6 is 0 Å². The zero-order valence-electron chi connectivity index (χ0n) is 14.7. The molecule has 0 radical (unpaired) electrons. The number of amides is 1. The highest BCUT2D eigenvalue weighted by molar-refractivity contribution is 6.04. The van der Waals surface area contributed by atoms with E-state index in [-0.39, 0.29) is 5.56 Å². The molecule has 0 atom stereocenters. The van der Waals surface area contributed by atoms with Crippen molar-refractivity contribution in [3.63, 3.8) is 0 Å². The molecule has 2 N–H and O–H groups in total. The number of nitrogens with one attached hydrogen (secondary N) is 2. The van der Waals surface area contributed by atoms with Gasteiger partial charge in [-0.1, -0.05) is 11.6 Å². The maximum Gasteiger partial charge on any atom is 0.257 e. The Kier molecular flexibility index (Phi) is 6.11. The number of hydrogen-bond acceptors (Lipinski definition) is 3. The van der Waals surface area contributed by atoms with Gasteiger partial charge in [-0.05, 0) is 56.4 Å². The highest BCUT2D eigenvalue weighted by Gasteiger charge is 2.16. The van der Waals surface area contributed by atoms with Gasteiger partial charge in [-0.3, -0.25) is 4.79 Å². The lowest BCUT2D eigenvalue weighted by molar-refractivity contribution is 0.102. The number of allylic oxidation sites excluding steroid dienone is 1. The fraction of sp³-hybridized carbons (Fsp3) is 0.300. The summed E-state index contributed by atoms with van der Waals surface area (Å²) in [6, 6.07) is 4.89. The number of aromatic nitrogens is 1. The summed E-state index contributed by atoms with van der Waals surface area (Å²) >= 11 is 0. The van der Waals surface area contributed by atoms with Gasteiger partial charge in [-0.15, -0.1) is 0 Å². The summed E-state index contributed by atoms with van der Waals surface area (Å²) in [4.78, 5) is 16.3. The Labute approximate surface area is 155 Å². The summed E-state index contributed by atoms with van der Waals surface area (Å²) in [6.45, 7) is 0.754. The molecule has 1 aromatic heterocycles. The minimum atomic E-state index is -1.63. The molecule has 4 nitrogen and oxygen atoms in total. The van der Waals surface area contributed by atoms with Crippen molar-refractivity contribution in [3.8, 4) is 0 Å². The summed E-state index contributed by atoms with van der Waals surface area (Å²) in [5.41, 5.74) is 1.21. The lowest BCUT2D eigenvalue weighted by Crippen LogP contribution is -2.14. The van der Waals surface area contributed by atoms with Gasteiger partial charge in [0.15, 0.2) is 17.5 Å². The van der Waals surface area contributed by atoms with E-state index in [9.17, 15) is 18.0 Å². The summed E-state index contributed by atoms with van der Waals surface area (Å²) in [6.07, 6.45) is 9.39. The maximum atomic E-state index is 13.6. The molecule has 0 bridgehead atoms. The minimum Gasteiger partial charge on any atom is -0.370 e. The molecule has 1 amide bonds. The van der Waals surface area contributed by atoms with E-state index >= 15 is 0 Å². The summed E-state index contributed by atoms with van der Waals surface area (Å²) in [7, 11) is 0. The molecular weight excluding hydrogens is 355 g/mol. The van der Waals surface area contributed by atoms with Crippen molar-refractivity contribution in [2.45, 2.75) is 32.1 Å². The molecular formula is C20H20F3N3O. The summed E-state index contributed by atoms with van der Waals surface area (Å²) in [5, 5.41) is 5.41. The first-order valence-corrected chi connectivity index (χ1v) is 8.87. The molecule has 142 valence electrons. The number of anilines is 2. The van der Waals surface area contributed by atoms with Gasteiger partial charge in [0.05, 0.1) is 11.3 Å². The van der Waals surface area contributed by atoms with Gasteiger partial charge in [0.1, 0.15) is 5.82 Å². The number of rotatable bonds is 6. The summed E-state index contributed by atoms with van der Waals surface area (Å²) in [5.74, 6) is -4.41. The van der Waals surface area contributed by atoms with E-state index in [0.717, 1.165) is 37.9 Å². The van der Waals surface area contributed by atoms with Gasteiger partial charge in [0.25, 0.3) is 5.91 Å². The van der Waals surface area contributed by atoms with Gasteiger partial charge in [0.2, 0.25) is 0 Å². The average Bonchev–Trinajstić information content (AvgIpc) is 2.70. The molecule has 0 spiro atoms. The molecule has 2 aromatic rings. The van der Waals surface area contributed by atoms with Crippen LogP contribution in [0.5, 0.6) is 0 Å². The quantitative estimate of drug-likeness (QED) is 0.548. The lowest BCUT2D eigenvalue weighted by Gasteiger charge is -2.13. The van der Waals surface area contributed by atoms with Crippen molar-refractivity contribution in [2.24, 2.45) is 0 Å². The van der Waals surface area contributed by atoms with Crippen LogP contribution in [0.2, 0.25) is 0 Å². The van der Waals surface area contributed by atoms with Crippen molar-refractivity contribution >= 4 is 17.4 Å². The van der Waals surface area contributed by atoms with Gasteiger partial charge >= 0.3 is 0 Å². The number of carbonyl (C=O) groups is 1. The molecule has 0 saturated carbocycles. The Hall–Kier alpha value is -2.83. The third-order valence-corrected chi connectivity index (χ3v) is 4.45. The molecule has 0 unspecified atom stereocenters. The number of pyridine rings is 1. The number of benzene rings is 1. The third-order valence-electron chi connectivity index (χ3n) is 4.45. The van der Waals surface area contributed by atoms with E-state index in [0.29, 0.717) is 5.82 Å². The van der Waals surface area contributed by atoms with E-state index < -0.39 is 29.0 Å². The molecule has 0 aliphatic heterocycles. The van der Waals surface area contributed by atoms with Crippen LogP contribution in [0.25, 0.3) is 0 Å². The first kappa shape index (κ1) is 18.9. The van der Waals surface area contributed by atoms with Crippen molar-refractivity contribution in [1.82, 2.24) is 4.98 Å². The van der Waals surface area contributed by atoms with Crippen LogP contribution in [0.1, 0.15) is 42.5 Å². The number of carbonyl (C=O) groups excluding carboxylic acids is 1. The minimum absolute atomic E-state index is 0.180. The smallest absolute Gasteiger partial charge is 0.257 e. The topological polar surface area (TPSA) is 54.0 Å². The highest BCUT2D eigenvalue weighted by atomic mass is 19.2. The standard InChI is InChI=1S/C20H20F3N3O/c21-15-7-8-16(19(23)18(15)22)26-20(27)14-6-9-17(25-12-14)24-11-10-13-4-2-1-3-5-13/h4,6-9,12H,1-3,5,10-11H2,(H,24,25)(H,26,27). The van der Waals surface area contributed by atoms with Crippen LogP contribution in [-0.2, 0) is 0 Å². The number of hydrogen-bond donors (Lipinski definition) is 2. The average molecular weight is 375 g/mol. The Balaban J connectivity index is 1.55. The van der Waals surface area contributed by atoms with Crippen molar-refractivity contribution in [1.29, 1.82) is 0 Å². The van der Waals surface area contributed by atoms with E-state index in [4.69, 9.17) is 0 Å². The number of halogens is 3. The van der Waals surface area contributed by atoms with Crippen LogP contribution in [0, 0.1) is 17.5 Å². The largest absolute Gasteiger partial charge is 0.370 e. The second-order valence-electron chi connectivity index (χ2n) is 6.39. The molecule has 1 aliphatic carbocycles. The predicted octanol–water partition coefficient (Wildman–Crippen LogP) is 5.05. The Bertz CT molecular complexity index is 850. The van der Waals surface area contributed by atoms with Crippen molar-refractivity contribution < 1.29 is 18.0 Å². The van der Waals surface area contributed by atoms with Crippen molar-refractivity contribution in [2.75, 3.05) is 17.2 Å². The SMILES string of the molecule is O=C(Nc1ccc(F)c(F)c1F)c1ccc(NCCC2=CCCCC2)nc1. The van der Waals surface area contributed by atoms with Crippen LogP contribution in [0.4, 0.5) is 24.7 Å². The second-order valence-corrected chi connectivity index (χ2v) is 6.39. The molecule has 1 aromatic carbocycles. The number of nitrogens with zero attached hydrogens (tertiary/aromatic N) is 1. The van der Waals surface area contributed by atoms with E-state index in [1.807, 2.05) is 0 Å². The molecule has 3 rings (SSSR count). The lowest BCUT2D eigenvalue weighted by atomic mass is 9.97. The molecule has 0 saturated heterocycles. The normalized spacial score (nSPS) is 13.8. The highest BCUT2D eigenvalue weighted by Crippen LogP contribution is 2.21. The van der Waals surface area contributed by atoms with Gasteiger partial charge in [-0.2, -0.15) is 0 Å². The molecule has 7 heteroatoms. The van der Waals surface area contributed by atoms with Gasteiger partial charge < -0.3 is 10.6 Å². The molecule has 27 heavy (non-hydrogen) atoms. The molecule has 0 fully saturated rings. The van der Waals surface area contributed by atoms with Gasteiger partial charge in [-0.25, -0.2) is 18.2 Å². The molecule has 1 heterocycles. The maximum absolute atomic E-state index is 13.6. The predicted molar refractivity (Wildman–Crippen MR) is 98.2 cm³/mol. The van der Waals surface area contributed by atoms with Crippen LogP contribution in [0.15, 0.2) is 42.1 Å². The fourth-order valence-corrected chi connectivity index (χ4v) is 2.93. The van der Waals surface area contributed by atoms with Crippen LogP contribution in [-0.4, -0.2) is 17.4 Å². The van der Waals surface area contributed by atoms with E-state index in [2.05, 4.69) is 21.7 Å². The van der Waals surface area contributed by atoms with Crippen molar-refractivity contribution in [3.05, 3.63) is 65.1 Å². The first-order chi connectivity index (χ1) is 13.0. The van der Waals surface area contributed by atoms with Crippen LogP contribution < -0.4 is 10.6 Å². The van der Waals surface area contributed by atoms with Crippen LogP contribution in [0.3, 0.4) is 0 Å². The molecule has 1 aliphatic rings. The zero-order chi connectivity index (χ0) is 19.2. The monoisotopic (exact) mass is 375 g/mol. The third kappa shape index (κ3) is 4.87. The second kappa shape index (κ2) is 8.70. The van der Waals surface area contributed by atoms with E-state index in [1.165, 1.54) is 30.7 Å². The Morgan fingerprint density at radius 3 is 2.63 bits per heavy atom. The Morgan fingerprint density at radius 1 is 1.07 bits per heavy atom. The first-order valence-electron chi connectivity index (χ1n) is 8.87. The fourth-order valence-electron chi connectivity index (χ4n) is 2.93. The Morgan fingerprint density at radius 2 is 1.93 bits per heavy atom. The summed E-state index contributed by atoms with van der Waals surface area (Å²) < 4.78 is 39.8.